The van der Waals surface area contributed by atoms with Gasteiger partial charge in [0.2, 0.25) is 5.95 Å². The van der Waals surface area contributed by atoms with E-state index in [9.17, 15) is 5.11 Å². The van der Waals surface area contributed by atoms with E-state index in [-0.39, 0.29) is 5.95 Å². The Morgan fingerprint density at radius 1 is 1.42 bits per heavy atom. The van der Waals surface area contributed by atoms with Crippen LogP contribution in [0.4, 0.5) is 11.8 Å². The van der Waals surface area contributed by atoms with Crippen LogP contribution in [0.5, 0.6) is 0 Å². The van der Waals surface area contributed by atoms with E-state index in [1.807, 2.05) is 6.92 Å². The van der Waals surface area contributed by atoms with E-state index in [2.05, 4.69) is 25.1 Å². The summed E-state index contributed by atoms with van der Waals surface area (Å²) in [6, 6.07) is 0. The van der Waals surface area contributed by atoms with Crippen molar-refractivity contribution >= 4 is 22.8 Å². The standard InChI is InChI=1S/C12H18N6O/c1-12(19)4-2-3-5-18(7-12)10-8-6-14-17-9(8)15-11(13)16-10/h6,19H,2-5,7H2,1H3,(H3,13,14,15,16,17)/t12-/m0/s1. The Balaban J connectivity index is 2.05. The summed E-state index contributed by atoms with van der Waals surface area (Å²) in [5.74, 6) is 0.967. The second-order valence-electron chi connectivity index (χ2n) is 5.41. The van der Waals surface area contributed by atoms with Crippen LogP contribution in [0.1, 0.15) is 26.2 Å². The largest absolute Gasteiger partial charge is 0.388 e. The fourth-order valence-electron chi connectivity index (χ4n) is 2.64. The maximum atomic E-state index is 10.3. The molecule has 1 aliphatic rings. The van der Waals surface area contributed by atoms with Crippen LogP contribution in [-0.2, 0) is 0 Å². The Labute approximate surface area is 110 Å². The molecule has 0 bridgehead atoms. The Hall–Kier alpha value is -1.89. The summed E-state index contributed by atoms with van der Waals surface area (Å²) in [7, 11) is 0. The van der Waals surface area contributed by atoms with Crippen molar-refractivity contribution < 1.29 is 5.11 Å². The molecule has 1 fully saturated rings. The van der Waals surface area contributed by atoms with Gasteiger partial charge in [-0.1, -0.05) is 0 Å². The average Bonchev–Trinajstić information content (AvgIpc) is 2.72. The minimum atomic E-state index is -0.702. The van der Waals surface area contributed by atoms with Crippen molar-refractivity contribution in [2.45, 2.75) is 31.8 Å². The summed E-state index contributed by atoms with van der Waals surface area (Å²) in [4.78, 5) is 10.5. The van der Waals surface area contributed by atoms with Crippen molar-refractivity contribution in [3.8, 4) is 0 Å². The predicted molar refractivity (Wildman–Crippen MR) is 72.8 cm³/mol. The molecule has 0 unspecified atom stereocenters. The number of aromatic nitrogens is 4. The summed E-state index contributed by atoms with van der Waals surface area (Å²) < 4.78 is 0. The number of β-amino-alcohol motifs (C(OH)–C–C–N with tert-alkyl or cyclic N) is 1. The third kappa shape index (κ3) is 2.33. The van der Waals surface area contributed by atoms with Crippen LogP contribution >= 0.6 is 0 Å². The lowest BCUT2D eigenvalue weighted by Crippen LogP contribution is -2.39. The van der Waals surface area contributed by atoms with Crippen molar-refractivity contribution in [2.75, 3.05) is 23.7 Å². The van der Waals surface area contributed by atoms with E-state index in [1.165, 1.54) is 0 Å². The summed E-state index contributed by atoms with van der Waals surface area (Å²) in [5, 5.41) is 18.0. The molecular weight excluding hydrogens is 244 g/mol. The Morgan fingerprint density at radius 3 is 3.11 bits per heavy atom. The quantitative estimate of drug-likeness (QED) is 0.698. The number of nitrogen functional groups attached to an aromatic ring is 1. The highest BCUT2D eigenvalue weighted by Gasteiger charge is 2.28. The topological polar surface area (TPSA) is 104 Å². The number of aromatic amines is 1. The first-order valence-corrected chi connectivity index (χ1v) is 6.49. The molecule has 3 heterocycles. The minimum absolute atomic E-state index is 0.218. The van der Waals surface area contributed by atoms with Crippen molar-refractivity contribution in [3.05, 3.63) is 6.20 Å². The Morgan fingerprint density at radius 2 is 2.26 bits per heavy atom. The average molecular weight is 262 g/mol. The highest BCUT2D eigenvalue weighted by molar-refractivity contribution is 5.87. The molecule has 2 aromatic rings. The van der Waals surface area contributed by atoms with E-state index in [0.29, 0.717) is 12.2 Å². The van der Waals surface area contributed by atoms with Crippen molar-refractivity contribution in [3.63, 3.8) is 0 Å². The fourth-order valence-corrected chi connectivity index (χ4v) is 2.64. The molecule has 19 heavy (non-hydrogen) atoms. The van der Waals surface area contributed by atoms with Gasteiger partial charge in [-0.25, -0.2) is 0 Å². The lowest BCUT2D eigenvalue weighted by molar-refractivity contribution is 0.0612. The van der Waals surface area contributed by atoms with E-state index >= 15 is 0 Å². The molecule has 2 aromatic heterocycles. The number of hydrogen-bond donors (Lipinski definition) is 3. The lowest BCUT2D eigenvalue weighted by Gasteiger charge is -2.29. The monoisotopic (exact) mass is 262 g/mol. The predicted octanol–water partition coefficient (Wildman–Crippen LogP) is 0.676. The number of hydrogen-bond acceptors (Lipinski definition) is 6. The van der Waals surface area contributed by atoms with Gasteiger partial charge in [-0.05, 0) is 26.2 Å². The summed E-state index contributed by atoms with van der Waals surface area (Å²) >= 11 is 0. The molecule has 0 aliphatic carbocycles. The van der Waals surface area contributed by atoms with Crippen LogP contribution < -0.4 is 10.6 Å². The SMILES string of the molecule is C[C@]1(O)CCCCN(c2nc(N)nc3[nH]ncc23)C1. The fraction of sp³-hybridized carbons (Fsp3) is 0.583. The van der Waals surface area contributed by atoms with Crippen LogP contribution in [0.2, 0.25) is 0 Å². The number of nitrogens with one attached hydrogen (secondary N) is 1. The molecule has 1 atom stereocenters. The van der Waals surface area contributed by atoms with E-state index in [1.54, 1.807) is 6.20 Å². The Kier molecular flexibility index (Phi) is 2.78. The molecule has 1 saturated heterocycles. The third-order valence-corrected chi connectivity index (χ3v) is 3.53. The minimum Gasteiger partial charge on any atom is -0.388 e. The number of fused-ring (bicyclic) bond motifs is 1. The summed E-state index contributed by atoms with van der Waals surface area (Å²) in [6.07, 6.45) is 4.54. The zero-order valence-corrected chi connectivity index (χ0v) is 10.9. The van der Waals surface area contributed by atoms with Gasteiger partial charge in [0.05, 0.1) is 17.2 Å². The normalized spacial score (nSPS) is 24.6. The van der Waals surface area contributed by atoms with E-state index in [4.69, 9.17) is 5.73 Å². The first-order chi connectivity index (χ1) is 9.05. The number of rotatable bonds is 1. The van der Waals surface area contributed by atoms with Crippen molar-refractivity contribution in [2.24, 2.45) is 0 Å². The number of anilines is 2. The summed E-state index contributed by atoms with van der Waals surface area (Å²) in [6.45, 7) is 3.26. The van der Waals surface area contributed by atoms with Crippen LogP contribution in [0, 0.1) is 0 Å². The maximum absolute atomic E-state index is 10.3. The van der Waals surface area contributed by atoms with Gasteiger partial charge in [-0.3, -0.25) is 5.10 Å². The molecule has 7 nitrogen and oxygen atoms in total. The zero-order valence-electron chi connectivity index (χ0n) is 10.9. The maximum Gasteiger partial charge on any atom is 0.224 e. The molecule has 7 heteroatoms. The molecule has 0 radical (unpaired) electrons. The molecule has 102 valence electrons. The van der Waals surface area contributed by atoms with E-state index in [0.717, 1.165) is 37.0 Å². The third-order valence-electron chi connectivity index (χ3n) is 3.53. The molecule has 0 spiro atoms. The highest BCUT2D eigenvalue weighted by atomic mass is 16.3. The van der Waals surface area contributed by atoms with Crippen molar-refractivity contribution in [1.29, 1.82) is 0 Å². The molecule has 0 amide bonds. The van der Waals surface area contributed by atoms with Gasteiger partial charge in [0.15, 0.2) is 5.65 Å². The first kappa shape index (κ1) is 12.2. The van der Waals surface area contributed by atoms with Gasteiger partial charge in [-0.2, -0.15) is 15.1 Å². The van der Waals surface area contributed by atoms with Crippen LogP contribution in [0.25, 0.3) is 11.0 Å². The van der Waals surface area contributed by atoms with Gasteiger partial charge < -0.3 is 15.7 Å². The second-order valence-corrected chi connectivity index (χ2v) is 5.41. The van der Waals surface area contributed by atoms with Gasteiger partial charge >= 0.3 is 0 Å². The summed E-state index contributed by atoms with van der Waals surface area (Å²) in [5.41, 5.74) is 5.67. The number of nitrogens with two attached hydrogens (primary N) is 1. The van der Waals surface area contributed by atoms with Gasteiger partial charge in [-0.15, -0.1) is 0 Å². The second kappa shape index (κ2) is 4.34. The van der Waals surface area contributed by atoms with Gasteiger partial charge in [0.1, 0.15) is 5.82 Å². The van der Waals surface area contributed by atoms with Gasteiger partial charge in [0, 0.05) is 13.1 Å². The lowest BCUT2D eigenvalue weighted by atomic mass is 10.0. The Bertz CT molecular complexity index is 593. The molecule has 4 N–H and O–H groups in total. The molecule has 3 rings (SSSR count). The van der Waals surface area contributed by atoms with E-state index < -0.39 is 5.60 Å². The number of aliphatic hydroxyl groups is 1. The van der Waals surface area contributed by atoms with Crippen LogP contribution in [0.3, 0.4) is 0 Å². The highest BCUT2D eigenvalue weighted by Crippen LogP contribution is 2.28. The van der Waals surface area contributed by atoms with Gasteiger partial charge in [0.25, 0.3) is 0 Å². The number of nitrogens with zero attached hydrogens (tertiary/aromatic N) is 4. The van der Waals surface area contributed by atoms with Crippen LogP contribution in [-0.4, -0.2) is 44.0 Å². The number of H-pyrrole nitrogens is 1. The molecular formula is C12H18N6O. The smallest absolute Gasteiger partial charge is 0.224 e. The van der Waals surface area contributed by atoms with Crippen molar-refractivity contribution in [1.82, 2.24) is 20.2 Å². The van der Waals surface area contributed by atoms with Crippen LogP contribution in [0.15, 0.2) is 6.20 Å². The molecule has 1 aliphatic heterocycles. The first-order valence-electron chi connectivity index (χ1n) is 6.49. The molecule has 0 saturated carbocycles. The zero-order chi connectivity index (χ0) is 13.5. The molecule has 0 aromatic carbocycles.